The van der Waals surface area contributed by atoms with Crippen LogP contribution in [-0.2, 0) is 9.59 Å². The van der Waals surface area contributed by atoms with Gasteiger partial charge in [-0.2, -0.15) is 0 Å². The molecule has 1 atom stereocenters. The van der Waals surface area contributed by atoms with E-state index < -0.39 is 6.04 Å². The van der Waals surface area contributed by atoms with Crippen molar-refractivity contribution in [1.29, 1.82) is 0 Å². The summed E-state index contributed by atoms with van der Waals surface area (Å²) in [6.07, 6.45) is 0.802. The molecule has 0 spiro atoms. The van der Waals surface area contributed by atoms with Crippen LogP contribution in [-0.4, -0.2) is 79.1 Å². The van der Waals surface area contributed by atoms with Crippen molar-refractivity contribution in [2.75, 3.05) is 61.5 Å². The van der Waals surface area contributed by atoms with Crippen molar-refractivity contribution in [2.45, 2.75) is 18.9 Å². The number of methoxy groups -OCH3 is 1. The Morgan fingerprint density at radius 1 is 0.951 bits per heavy atom. The first-order chi connectivity index (χ1) is 19.9. The van der Waals surface area contributed by atoms with E-state index in [-0.39, 0.29) is 18.2 Å². The smallest absolute Gasteiger partial charge is 0.256 e. The number of ether oxygens (including phenoxy) is 1. The molecule has 0 bridgehead atoms. The highest BCUT2D eigenvalue weighted by atomic mass is 35.5. The first-order valence-corrected chi connectivity index (χ1v) is 14.6. The summed E-state index contributed by atoms with van der Waals surface area (Å²) in [7, 11) is 1.59. The van der Waals surface area contributed by atoms with E-state index in [9.17, 15) is 9.59 Å². The van der Waals surface area contributed by atoms with Gasteiger partial charge in [0.1, 0.15) is 11.8 Å². The molecular weight excluding hydrogens is 558 g/mol. The molecule has 1 N–H and O–H groups in total. The molecule has 10 heteroatoms. The van der Waals surface area contributed by atoms with E-state index >= 15 is 0 Å². The molecule has 214 valence electrons. The maximum absolute atomic E-state index is 13.7. The summed E-state index contributed by atoms with van der Waals surface area (Å²) in [4.78, 5) is 35.0. The van der Waals surface area contributed by atoms with Crippen LogP contribution in [0.4, 0.5) is 17.1 Å². The van der Waals surface area contributed by atoms with Gasteiger partial charge >= 0.3 is 0 Å². The van der Waals surface area contributed by atoms with Crippen LogP contribution in [0.15, 0.2) is 78.9 Å². The van der Waals surface area contributed by atoms with Crippen LogP contribution < -0.4 is 19.9 Å². The number of benzene rings is 3. The number of nitrogens with zero attached hydrogens (tertiary/aromatic N) is 4. The number of rotatable bonds is 10. The van der Waals surface area contributed by atoms with Gasteiger partial charge in [-0.15, -0.1) is 0 Å². The molecule has 0 aliphatic carbocycles. The molecule has 41 heavy (non-hydrogen) atoms. The molecule has 2 saturated heterocycles. The Labute approximate surface area is 251 Å². The summed E-state index contributed by atoms with van der Waals surface area (Å²) in [5.74, 6) is 0.217. The van der Waals surface area contributed by atoms with Crippen LogP contribution in [0.1, 0.15) is 12.8 Å². The minimum Gasteiger partial charge on any atom is -0.497 e. The summed E-state index contributed by atoms with van der Waals surface area (Å²) in [5.41, 5.74) is 2.49. The van der Waals surface area contributed by atoms with Crippen molar-refractivity contribution in [2.24, 2.45) is 0 Å². The first-order valence-electron chi connectivity index (χ1n) is 13.8. The van der Waals surface area contributed by atoms with Gasteiger partial charge in [-0.25, -0.2) is 0 Å². The zero-order chi connectivity index (χ0) is 28.8. The quantitative estimate of drug-likeness (QED) is 0.337. The third-order valence-electron chi connectivity index (χ3n) is 7.50. The zero-order valence-corrected chi connectivity index (χ0v) is 24.6. The number of carbonyl (C=O) groups excluding carboxylic acids is 2. The van der Waals surface area contributed by atoms with Crippen molar-refractivity contribution < 1.29 is 14.3 Å². The van der Waals surface area contributed by atoms with E-state index in [1.807, 2.05) is 11.0 Å². The van der Waals surface area contributed by atoms with Crippen LogP contribution in [0.25, 0.3) is 0 Å². The molecule has 0 aromatic heterocycles. The number of hydrogen-bond acceptors (Lipinski definition) is 6. The standard InChI is InChI=1S/C31H34ClN5O3S/c1-40-27-13-11-24(12-14-27)33-29(38)22-28-30(39)37(26-10-5-7-23(32)21-26)31(41)36(28)16-6-15-34-17-19-35(20-18-34)25-8-3-2-4-9-25/h2-5,7-14,21,28H,6,15-20,22H2,1H3,(H,33,38)/t28-/m1/s1. The molecule has 3 aromatic carbocycles. The van der Waals surface area contributed by atoms with Crippen LogP contribution in [0.3, 0.4) is 0 Å². The number of anilines is 3. The fourth-order valence-electron chi connectivity index (χ4n) is 5.34. The van der Waals surface area contributed by atoms with Crippen molar-refractivity contribution >= 4 is 57.8 Å². The zero-order valence-electron chi connectivity index (χ0n) is 23.0. The fraction of sp³-hybridized carbons (Fsp3) is 0.323. The molecule has 8 nitrogen and oxygen atoms in total. The molecule has 2 heterocycles. The third-order valence-corrected chi connectivity index (χ3v) is 8.16. The van der Waals surface area contributed by atoms with Gasteiger partial charge in [-0.1, -0.05) is 35.9 Å². The summed E-state index contributed by atoms with van der Waals surface area (Å²) in [5, 5.41) is 3.81. The average Bonchev–Trinajstić information content (AvgIpc) is 3.22. The van der Waals surface area contributed by atoms with Gasteiger partial charge in [0.05, 0.1) is 19.2 Å². The summed E-state index contributed by atoms with van der Waals surface area (Å²) < 4.78 is 5.19. The fourth-order valence-corrected chi connectivity index (χ4v) is 5.93. The Morgan fingerprint density at radius 2 is 1.66 bits per heavy atom. The monoisotopic (exact) mass is 591 g/mol. The maximum Gasteiger partial charge on any atom is 0.256 e. The Bertz CT molecular complexity index is 1370. The third kappa shape index (κ3) is 6.98. The van der Waals surface area contributed by atoms with Crippen LogP contribution in [0.5, 0.6) is 5.75 Å². The minimum atomic E-state index is -0.699. The van der Waals surface area contributed by atoms with Gasteiger partial charge in [0, 0.05) is 49.1 Å². The molecule has 2 aliphatic rings. The van der Waals surface area contributed by atoms with E-state index in [1.165, 1.54) is 10.6 Å². The van der Waals surface area contributed by atoms with Crippen LogP contribution >= 0.6 is 23.8 Å². The van der Waals surface area contributed by atoms with Gasteiger partial charge in [0.2, 0.25) is 5.91 Å². The van der Waals surface area contributed by atoms with Crippen molar-refractivity contribution in [3.8, 4) is 5.75 Å². The number of amides is 2. The average molecular weight is 592 g/mol. The van der Waals surface area contributed by atoms with E-state index in [1.54, 1.807) is 55.6 Å². The lowest BCUT2D eigenvalue weighted by Gasteiger charge is -2.36. The van der Waals surface area contributed by atoms with Gasteiger partial charge < -0.3 is 19.9 Å². The second kappa shape index (κ2) is 13.3. The minimum absolute atomic E-state index is 0.0161. The second-order valence-corrected chi connectivity index (χ2v) is 10.9. The largest absolute Gasteiger partial charge is 0.497 e. The molecule has 2 aliphatic heterocycles. The Kier molecular flexibility index (Phi) is 9.38. The summed E-state index contributed by atoms with van der Waals surface area (Å²) in [6.45, 7) is 5.35. The molecule has 3 aromatic rings. The normalized spacial score (nSPS) is 17.7. The Balaban J connectivity index is 1.23. The van der Waals surface area contributed by atoms with E-state index in [4.69, 9.17) is 28.6 Å². The highest BCUT2D eigenvalue weighted by Gasteiger charge is 2.44. The molecular formula is C31H34ClN5O3S. The second-order valence-electron chi connectivity index (χ2n) is 10.1. The van der Waals surface area contributed by atoms with E-state index in [0.717, 1.165) is 39.1 Å². The van der Waals surface area contributed by atoms with Gasteiger partial charge in [0.25, 0.3) is 5.91 Å². The van der Waals surface area contributed by atoms with Crippen molar-refractivity contribution in [3.05, 3.63) is 83.9 Å². The number of carbonyl (C=O) groups is 2. The van der Waals surface area contributed by atoms with Crippen molar-refractivity contribution in [1.82, 2.24) is 9.80 Å². The van der Waals surface area contributed by atoms with Gasteiger partial charge in [0.15, 0.2) is 5.11 Å². The SMILES string of the molecule is COc1ccc(NC(=O)C[C@@H]2C(=O)N(c3cccc(Cl)c3)C(=S)N2CCCN2CCN(c3ccccc3)CC2)cc1. The number of thiocarbonyl (C=S) groups is 1. The topological polar surface area (TPSA) is 68.4 Å². The first kappa shape index (κ1) is 28.9. The molecule has 5 rings (SSSR count). The molecule has 2 fully saturated rings. The highest BCUT2D eigenvalue weighted by Crippen LogP contribution is 2.29. The Hall–Kier alpha value is -3.66. The maximum atomic E-state index is 13.7. The highest BCUT2D eigenvalue weighted by molar-refractivity contribution is 7.80. The van der Waals surface area contributed by atoms with Crippen LogP contribution in [0.2, 0.25) is 5.02 Å². The molecule has 2 amide bonds. The predicted octanol–water partition coefficient (Wildman–Crippen LogP) is 4.89. The Morgan fingerprint density at radius 3 is 2.34 bits per heavy atom. The predicted molar refractivity (Wildman–Crippen MR) is 168 cm³/mol. The number of piperazine rings is 1. The molecule has 0 unspecified atom stereocenters. The summed E-state index contributed by atoms with van der Waals surface area (Å²) in [6, 6.07) is 23.9. The number of para-hydroxylation sites is 1. The van der Waals surface area contributed by atoms with Gasteiger partial charge in [-0.05, 0) is 79.8 Å². The molecule has 0 radical (unpaired) electrons. The van der Waals surface area contributed by atoms with E-state index in [0.29, 0.717) is 33.8 Å². The molecule has 0 saturated carbocycles. The van der Waals surface area contributed by atoms with E-state index in [2.05, 4.69) is 39.4 Å². The lowest BCUT2D eigenvalue weighted by atomic mass is 10.1. The van der Waals surface area contributed by atoms with Crippen molar-refractivity contribution in [3.63, 3.8) is 0 Å². The lowest BCUT2D eigenvalue weighted by Crippen LogP contribution is -2.47. The summed E-state index contributed by atoms with van der Waals surface area (Å²) >= 11 is 12.0. The van der Waals surface area contributed by atoms with Crippen LogP contribution in [0, 0.1) is 0 Å². The number of nitrogens with one attached hydrogen (secondary N) is 1. The lowest BCUT2D eigenvalue weighted by molar-refractivity contribution is -0.124. The number of halogens is 1. The number of hydrogen-bond donors (Lipinski definition) is 1. The van der Waals surface area contributed by atoms with Gasteiger partial charge in [-0.3, -0.25) is 19.4 Å².